The van der Waals surface area contributed by atoms with Crippen LogP contribution in [0.25, 0.3) is 0 Å². The number of hydrogen-bond acceptors (Lipinski definition) is 3. The summed E-state index contributed by atoms with van der Waals surface area (Å²) >= 11 is 0. The van der Waals surface area contributed by atoms with Crippen LogP contribution in [0.4, 0.5) is 0 Å². The highest BCUT2D eigenvalue weighted by atomic mass is 16.6. The lowest BCUT2D eigenvalue weighted by molar-refractivity contribution is -0.146. The van der Waals surface area contributed by atoms with E-state index in [1.165, 1.54) is 6.61 Å². The Hall–Kier alpha value is -0.570. The van der Waals surface area contributed by atoms with E-state index in [-0.39, 0.29) is 11.9 Å². The van der Waals surface area contributed by atoms with Crippen molar-refractivity contribution in [2.75, 3.05) is 13.2 Å². The Morgan fingerprint density at radius 1 is 1.33 bits per heavy atom. The van der Waals surface area contributed by atoms with Gasteiger partial charge in [-0.15, -0.1) is 0 Å². The Bertz CT molecular complexity index is 157. The second-order valence-electron chi connectivity index (χ2n) is 3.51. The van der Waals surface area contributed by atoms with Crippen molar-refractivity contribution >= 4 is 5.97 Å². The van der Waals surface area contributed by atoms with Gasteiger partial charge >= 0.3 is 5.97 Å². The van der Waals surface area contributed by atoms with Crippen molar-refractivity contribution in [3.8, 4) is 0 Å². The molecule has 0 saturated carbocycles. The first-order valence-corrected chi connectivity index (χ1v) is 5.86. The summed E-state index contributed by atoms with van der Waals surface area (Å²) in [5, 5.41) is 0. The molecule has 0 aromatic heterocycles. The van der Waals surface area contributed by atoms with E-state index in [2.05, 4.69) is 6.92 Å². The lowest BCUT2D eigenvalue weighted by atomic mass is 10.00. The molecule has 3 nitrogen and oxygen atoms in total. The van der Waals surface area contributed by atoms with E-state index in [0.717, 1.165) is 25.7 Å². The number of esters is 1. The van der Waals surface area contributed by atoms with Crippen molar-refractivity contribution in [1.82, 2.24) is 0 Å². The lowest BCUT2D eigenvalue weighted by Crippen LogP contribution is -2.17. The number of ether oxygens (including phenoxy) is 2. The van der Waals surface area contributed by atoms with E-state index in [0.29, 0.717) is 13.2 Å². The minimum atomic E-state index is -0.120. The minimum Gasteiger partial charge on any atom is -0.456 e. The second kappa shape index (κ2) is 9.97. The molecule has 0 bridgehead atoms. The third kappa shape index (κ3) is 7.37. The molecule has 3 heteroatoms. The zero-order chi connectivity index (χ0) is 11.5. The van der Waals surface area contributed by atoms with Gasteiger partial charge in [-0.1, -0.05) is 26.7 Å². The van der Waals surface area contributed by atoms with Crippen LogP contribution in [-0.2, 0) is 14.3 Å². The molecule has 0 rings (SSSR count). The van der Waals surface area contributed by atoms with Gasteiger partial charge in [-0.05, 0) is 19.8 Å². The molecule has 0 fully saturated rings. The van der Waals surface area contributed by atoms with E-state index in [1.54, 1.807) is 0 Å². The van der Waals surface area contributed by atoms with Crippen LogP contribution in [0.2, 0.25) is 0 Å². The van der Waals surface area contributed by atoms with Crippen LogP contribution in [0.1, 0.15) is 46.5 Å². The Morgan fingerprint density at radius 2 is 2.07 bits per heavy atom. The summed E-state index contributed by atoms with van der Waals surface area (Å²) in [5.41, 5.74) is 0. The Kier molecular flexibility index (Phi) is 9.59. The topological polar surface area (TPSA) is 35.5 Å². The van der Waals surface area contributed by atoms with E-state index in [1.807, 2.05) is 13.8 Å². The van der Waals surface area contributed by atoms with Crippen molar-refractivity contribution in [2.24, 2.45) is 5.92 Å². The Morgan fingerprint density at radius 3 is 2.60 bits per heavy atom. The summed E-state index contributed by atoms with van der Waals surface area (Å²) < 4.78 is 10.1. The van der Waals surface area contributed by atoms with Crippen LogP contribution in [-0.4, -0.2) is 19.2 Å². The van der Waals surface area contributed by atoms with Gasteiger partial charge in [0.05, 0.1) is 12.5 Å². The monoisotopic (exact) mass is 215 g/mol. The van der Waals surface area contributed by atoms with Gasteiger partial charge in [-0.3, -0.25) is 4.79 Å². The standard InChI is InChI=1S/C12H23O3/c1-4-7-8-11(5-2)12(13)15-10-9-14-6-3/h10-11H,4-9H2,1-3H3. The van der Waals surface area contributed by atoms with Gasteiger partial charge in [0.2, 0.25) is 0 Å². The first-order chi connectivity index (χ1) is 7.26. The first kappa shape index (κ1) is 14.4. The van der Waals surface area contributed by atoms with Gasteiger partial charge in [-0.2, -0.15) is 0 Å². The number of hydrogen-bond donors (Lipinski definition) is 0. The molecule has 0 aromatic rings. The van der Waals surface area contributed by atoms with E-state index >= 15 is 0 Å². The SMILES string of the molecule is CCCCC(CC)C(=O)O[CH]COCC. The predicted octanol–water partition coefficient (Wildman–Crippen LogP) is 2.94. The van der Waals surface area contributed by atoms with Gasteiger partial charge in [0.15, 0.2) is 6.61 Å². The summed E-state index contributed by atoms with van der Waals surface area (Å²) in [5.74, 6) is -0.0755. The molecule has 0 spiro atoms. The fourth-order valence-electron chi connectivity index (χ4n) is 1.32. The molecular formula is C12H23O3. The van der Waals surface area contributed by atoms with Crippen LogP contribution < -0.4 is 0 Å². The number of rotatable bonds is 9. The van der Waals surface area contributed by atoms with E-state index < -0.39 is 0 Å². The maximum atomic E-state index is 11.5. The molecule has 0 aliphatic heterocycles. The average molecular weight is 215 g/mol. The zero-order valence-electron chi connectivity index (χ0n) is 10.1. The maximum absolute atomic E-state index is 11.5. The molecule has 0 aliphatic rings. The highest BCUT2D eigenvalue weighted by Gasteiger charge is 2.16. The summed E-state index contributed by atoms with van der Waals surface area (Å²) in [7, 11) is 0. The molecule has 0 saturated heterocycles. The summed E-state index contributed by atoms with van der Waals surface area (Å²) in [6.45, 7) is 8.52. The van der Waals surface area contributed by atoms with Crippen molar-refractivity contribution < 1.29 is 14.3 Å². The van der Waals surface area contributed by atoms with Crippen LogP contribution in [0.5, 0.6) is 0 Å². The molecule has 1 unspecified atom stereocenters. The van der Waals surface area contributed by atoms with Crippen LogP contribution in [0.3, 0.4) is 0 Å². The van der Waals surface area contributed by atoms with Crippen molar-refractivity contribution in [2.45, 2.75) is 46.5 Å². The fraction of sp³-hybridized carbons (Fsp3) is 0.833. The lowest BCUT2D eigenvalue weighted by Gasteiger charge is -2.12. The van der Waals surface area contributed by atoms with Crippen LogP contribution in [0, 0.1) is 12.5 Å². The molecular weight excluding hydrogens is 192 g/mol. The average Bonchev–Trinajstić information content (AvgIpc) is 2.25. The van der Waals surface area contributed by atoms with Gasteiger partial charge < -0.3 is 9.47 Å². The first-order valence-electron chi connectivity index (χ1n) is 5.86. The summed E-state index contributed by atoms with van der Waals surface area (Å²) in [6, 6.07) is 0. The Balaban J connectivity index is 3.63. The van der Waals surface area contributed by atoms with Gasteiger partial charge in [0, 0.05) is 6.61 Å². The van der Waals surface area contributed by atoms with Gasteiger partial charge in [0.25, 0.3) is 0 Å². The summed E-state index contributed by atoms with van der Waals surface area (Å²) in [6.07, 6.45) is 3.97. The third-order valence-electron chi connectivity index (χ3n) is 2.32. The van der Waals surface area contributed by atoms with Crippen LogP contribution in [0.15, 0.2) is 0 Å². The van der Waals surface area contributed by atoms with Crippen molar-refractivity contribution in [3.05, 3.63) is 6.61 Å². The predicted molar refractivity (Wildman–Crippen MR) is 60.2 cm³/mol. The van der Waals surface area contributed by atoms with Gasteiger partial charge in [0.1, 0.15) is 0 Å². The van der Waals surface area contributed by atoms with Crippen LogP contribution >= 0.6 is 0 Å². The van der Waals surface area contributed by atoms with E-state index in [4.69, 9.17) is 9.47 Å². The number of carbonyl (C=O) groups excluding carboxylic acids is 1. The third-order valence-corrected chi connectivity index (χ3v) is 2.32. The summed E-state index contributed by atoms with van der Waals surface area (Å²) in [4.78, 5) is 11.5. The normalized spacial score (nSPS) is 12.5. The van der Waals surface area contributed by atoms with E-state index in [9.17, 15) is 4.79 Å². The molecule has 0 aliphatic carbocycles. The maximum Gasteiger partial charge on any atom is 0.309 e. The molecule has 89 valence electrons. The smallest absolute Gasteiger partial charge is 0.309 e. The molecule has 0 aromatic carbocycles. The Labute approximate surface area is 93.1 Å². The molecule has 15 heavy (non-hydrogen) atoms. The number of carbonyl (C=O) groups is 1. The minimum absolute atomic E-state index is 0.0443. The van der Waals surface area contributed by atoms with Gasteiger partial charge in [-0.25, -0.2) is 0 Å². The molecule has 1 atom stereocenters. The number of unbranched alkanes of at least 4 members (excludes halogenated alkanes) is 1. The van der Waals surface area contributed by atoms with Crippen molar-refractivity contribution in [3.63, 3.8) is 0 Å². The fourth-order valence-corrected chi connectivity index (χ4v) is 1.32. The molecule has 0 N–H and O–H groups in total. The largest absolute Gasteiger partial charge is 0.456 e. The quantitative estimate of drug-likeness (QED) is 0.438. The van der Waals surface area contributed by atoms with Crippen molar-refractivity contribution in [1.29, 1.82) is 0 Å². The molecule has 1 radical (unpaired) electrons. The molecule has 0 heterocycles. The second-order valence-corrected chi connectivity index (χ2v) is 3.51. The highest BCUT2D eigenvalue weighted by Crippen LogP contribution is 2.14. The highest BCUT2D eigenvalue weighted by molar-refractivity contribution is 5.72. The zero-order valence-corrected chi connectivity index (χ0v) is 10.1. The molecule has 0 amide bonds.